The van der Waals surface area contributed by atoms with Crippen molar-refractivity contribution >= 4 is 0 Å². The minimum Gasteiger partial charge on any atom is -0.381 e. The Morgan fingerprint density at radius 3 is 2.71 bits per heavy atom. The molecule has 0 aliphatic carbocycles. The van der Waals surface area contributed by atoms with Gasteiger partial charge in [0.2, 0.25) is 0 Å². The summed E-state index contributed by atoms with van der Waals surface area (Å²) in [5.74, 6) is 0.856. The molecule has 2 fully saturated rings. The number of nitrogens with one attached hydrogen (secondary N) is 1. The number of nitrogens with zero attached hydrogens (tertiary/aromatic N) is 1. The second kappa shape index (κ2) is 6.72. The van der Waals surface area contributed by atoms with Gasteiger partial charge in [0.25, 0.3) is 0 Å². The molecule has 2 heterocycles. The molecule has 3 heteroatoms. The molecule has 0 radical (unpaired) electrons. The van der Waals surface area contributed by atoms with Crippen molar-refractivity contribution in [3.63, 3.8) is 0 Å². The van der Waals surface area contributed by atoms with E-state index in [1.807, 2.05) is 0 Å². The van der Waals surface area contributed by atoms with Crippen LogP contribution in [0.2, 0.25) is 0 Å². The standard InChI is InChI=1S/C14H28N2O/c1-12(2)15-10-13-4-3-7-16(11-13)14-5-8-17-9-6-14/h12-15H,3-11H2,1-2H3. The zero-order valence-electron chi connectivity index (χ0n) is 11.5. The summed E-state index contributed by atoms with van der Waals surface area (Å²) in [7, 11) is 0. The first kappa shape index (κ1) is 13.3. The van der Waals surface area contributed by atoms with Gasteiger partial charge in [-0.15, -0.1) is 0 Å². The minimum absolute atomic E-state index is 0.619. The van der Waals surface area contributed by atoms with Crippen LogP contribution in [0.4, 0.5) is 0 Å². The second-order valence-corrected chi connectivity index (χ2v) is 5.91. The van der Waals surface area contributed by atoms with Crippen LogP contribution in [0.25, 0.3) is 0 Å². The Labute approximate surface area is 106 Å². The van der Waals surface area contributed by atoms with Crippen molar-refractivity contribution in [1.82, 2.24) is 10.2 Å². The molecule has 1 unspecified atom stereocenters. The van der Waals surface area contributed by atoms with Gasteiger partial charge in [-0.05, 0) is 44.7 Å². The highest BCUT2D eigenvalue weighted by Gasteiger charge is 2.26. The number of piperidine rings is 1. The highest BCUT2D eigenvalue weighted by atomic mass is 16.5. The van der Waals surface area contributed by atoms with Crippen LogP contribution >= 0.6 is 0 Å². The van der Waals surface area contributed by atoms with Gasteiger partial charge in [-0.1, -0.05) is 13.8 Å². The van der Waals surface area contributed by atoms with Crippen LogP contribution in [0.5, 0.6) is 0 Å². The van der Waals surface area contributed by atoms with Crippen molar-refractivity contribution < 1.29 is 4.74 Å². The molecule has 0 aromatic carbocycles. The summed E-state index contributed by atoms with van der Waals surface area (Å²) >= 11 is 0. The van der Waals surface area contributed by atoms with E-state index < -0.39 is 0 Å². The van der Waals surface area contributed by atoms with E-state index in [0.717, 1.165) is 25.2 Å². The fraction of sp³-hybridized carbons (Fsp3) is 1.00. The Morgan fingerprint density at radius 1 is 1.24 bits per heavy atom. The lowest BCUT2D eigenvalue weighted by molar-refractivity contribution is 0.0177. The van der Waals surface area contributed by atoms with Gasteiger partial charge < -0.3 is 10.1 Å². The molecule has 3 nitrogen and oxygen atoms in total. The first-order chi connectivity index (χ1) is 8.25. The third kappa shape index (κ3) is 4.23. The topological polar surface area (TPSA) is 24.5 Å². The van der Waals surface area contributed by atoms with E-state index in [9.17, 15) is 0 Å². The number of rotatable bonds is 4. The molecule has 0 aromatic rings. The highest BCUT2D eigenvalue weighted by molar-refractivity contribution is 4.81. The summed E-state index contributed by atoms with van der Waals surface area (Å²) in [6.07, 6.45) is 5.26. The van der Waals surface area contributed by atoms with Crippen molar-refractivity contribution in [2.24, 2.45) is 5.92 Å². The maximum Gasteiger partial charge on any atom is 0.0480 e. The lowest BCUT2D eigenvalue weighted by atomic mass is 9.94. The largest absolute Gasteiger partial charge is 0.381 e. The van der Waals surface area contributed by atoms with Gasteiger partial charge in [0.1, 0.15) is 0 Å². The average Bonchev–Trinajstić information content (AvgIpc) is 2.38. The molecule has 2 saturated heterocycles. The van der Waals surface area contributed by atoms with Crippen LogP contribution in [0, 0.1) is 5.92 Å². The Bertz CT molecular complexity index is 214. The van der Waals surface area contributed by atoms with Crippen LogP contribution < -0.4 is 5.32 Å². The predicted octanol–water partition coefficient (Wildman–Crippen LogP) is 1.88. The normalized spacial score (nSPS) is 28.8. The quantitative estimate of drug-likeness (QED) is 0.812. The van der Waals surface area contributed by atoms with E-state index in [1.54, 1.807) is 0 Å². The molecule has 1 atom stereocenters. The first-order valence-corrected chi connectivity index (χ1v) is 7.31. The number of hydrogen-bond donors (Lipinski definition) is 1. The van der Waals surface area contributed by atoms with Crippen molar-refractivity contribution in [2.45, 2.75) is 51.6 Å². The van der Waals surface area contributed by atoms with Crippen LogP contribution in [0.3, 0.4) is 0 Å². The molecular weight excluding hydrogens is 212 g/mol. The average molecular weight is 240 g/mol. The molecule has 0 bridgehead atoms. The third-order valence-electron chi connectivity index (χ3n) is 4.07. The van der Waals surface area contributed by atoms with E-state index in [1.165, 1.54) is 45.3 Å². The molecule has 0 aromatic heterocycles. The van der Waals surface area contributed by atoms with Crippen LogP contribution in [-0.4, -0.2) is 49.8 Å². The van der Waals surface area contributed by atoms with Crippen LogP contribution in [0.15, 0.2) is 0 Å². The smallest absolute Gasteiger partial charge is 0.0480 e. The van der Waals surface area contributed by atoms with Gasteiger partial charge in [0.05, 0.1) is 0 Å². The SMILES string of the molecule is CC(C)NCC1CCCN(C2CCOCC2)C1. The Morgan fingerprint density at radius 2 is 2.00 bits per heavy atom. The van der Waals surface area contributed by atoms with Crippen molar-refractivity contribution in [2.75, 3.05) is 32.8 Å². The van der Waals surface area contributed by atoms with Gasteiger partial charge in [-0.25, -0.2) is 0 Å². The van der Waals surface area contributed by atoms with Gasteiger partial charge in [0, 0.05) is 31.8 Å². The Balaban J connectivity index is 1.75. The molecule has 0 saturated carbocycles. The second-order valence-electron chi connectivity index (χ2n) is 5.91. The lowest BCUT2D eigenvalue weighted by Crippen LogP contribution is -2.47. The van der Waals surface area contributed by atoms with Crippen molar-refractivity contribution in [3.8, 4) is 0 Å². The molecule has 0 spiro atoms. The number of likely N-dealkylation sites (tertiary alicyclic amines) is 1. The first-order valence-electron chi connectivity index (χ1n) is 7.31. The molecule has 0 amide bonds. The van der Waals surface area contributed by atoms with Crippen LogP contribution in [-0.2, 0) is 4.74 Å². The van der Waals surface area contributed by atoms with E-state index in [-0.39, 0.29) is 0 Å². The van der Waals surface area contributed by atoms with E-state index in [0.29, 0.717) is 6.04 Å². The van der Waals surface area contributed by atoms with E-state index in [2.05, 4.69) is 24.1 Å². The molecule has 100 valence electrons. The Kier molecular flexibility index (Phi) is 5.26. The minimum atomic E-state index is 0.619. The van der Waals surface area contributed by atoms with Crippen LogP contribution in [0.1, 0.15) is 39.5 Å². The summed E-state index contributed by atoms with van der Waals surface area (Å²) in [5, 5.41) is 3.59. The summed E-state index contributed by atoms with van der Waals surface area (Å²) < 4.78 is 5.46. The number of ether oxygens (including phenoxy) is 1. The molecule has 17 heavy (non-hydrogen) atoms. The van der Waals surface area contributed by atoms with E-state index in [4.69, 9.17) is 4.74 Å². The summed E-state index contributed by atoms with van der Waals surface area (Å²) in [6, 6.07) is 1.42. The number of hydrogen-bond acceptors (Lipinski definition) is 3. The lowest BCUT2D eigenvalue weighted by Gasteiger charge is -2.40. The van der Waals surface area contributed by atoms with Gasteiger partial charge in [-0.3, -0.25) is 4.90 Å². The van der Waals surface area contributed by atoms with Crippen molar-refractivity contribution in [3.05, 3.63) is 0 Å². The molecule has 1 N–H and O–H groups in total. The highest BCUT2D eigenvalue weighted by Crippen LogP contribution is 2.22. The zero-order valence-corrected chi connectivity index (χ0v) is 11.5. The van der Waals surface area contributed by atoms with Crippen molar-refractivity contribution in [1.29, 1.82) is 0 Å². The van der Waals surface area contributed by atoms with Gasteiger partial charge in [0.15, 0.2) is 0 Å². The van der Waals surface area contributed by atoms with E-state index >= 15 is 0 Å². The summed E-state index contributed by atoms with van der Waals surface area (Å²) in [6.45, 7) is 10.2. The van der Waals surface area contributed by atoms with Gasteiger partial charge in [-0.2, -0.15) is 0 Å². The fourth-order valence-electron chi connectivity index (χ4n) is 3.05. The molecule has 2 aliphatic rings. The monoisotopic (exact) mass is 240 g/mol. The summed E-state index contributed by atoms with van der Waals surface area (Å²) in [4.78, 5) is 2.72. The van der Waals surface area contributed by atoms with Gasteiger partial charge >= 0.3 is 0 Å². The molecule has 2 aliphatic heterocycles. The molecular formula is C14H28N2O. The maximum atomic E-state index is 5.46. The fourth-order valence-corrected chi connectivity index (χ4v) is 3.05. The molecule has 2 rings (SSSR count). The third-order valence-corrected chi connectivity index (χ3v) is 4.07. The maximum absolute atomic E-state index is 5.46. The Hall–Kier alpha value is -0.120. The zero-order chi connectivity index (χ0) is 12.1. The predicted molar refractivity (Wildman–Crippen MR) is 71.3 cm³/mol. The summed E-state index contributed by atoms with van der Waals surface area (Å²) in [5.41, 5.74) is 0.